The van der Waals surface area contributed by atoms with Gasteiger partial charge < -0.3 is 18.8 Å². The molecular formula is C20H24N2O3. The summed E-state index contributed by atoms with van der Waals surface area (Å²) in [6.07, 6.45) is 0. The largest absolute Gasteiger partial charge is 0.382 e. The molecule has 0 fully saturated rings. The lowest BCUT2D eigenvalue weighted by Gasteiger charge is -2.10. The SMILES string of the molecule is COCCOCCOCCn1c(-c2ccccc2)nc2ccccc21. The molecule has 0 bridgehead atoms. The van der Waals surface area contributed by atoms with Crippen LogP contribution in [0.1, 0.15) is 0 Å². The maximum atomic E-state index is 5.71. The minimum absolute atomic E-state index is 0.580. The molecule has 5 heteroatoms. The zero-order chi connectivity index (χ0) is 17.3. The molecule has 0 spiro atoms. The van der Waals surface area contributed by atoms with E-state index in [0.717, 1.165) is 29.0 Å². The summed E-state index contributed by atoms with van der Waals surface area (Å²) < 4.78 is 18.3. The van der Waals surface area contributed by atoms with Gasteiger partial charge in [-0.05, 0) is 12.1 Å². The van der Waals surface area contributed by atoms with E-state index in [-0.39, 0.29) is 0 Å². The highest BCUT2D eigenvalue weighted by Crippen LogP contribution is 2.24. The van der Waals surface area contributed by atoms with Gasteiger partial charge in [-0.25, -0.2) is 4.98 Å². The van der Waals surface area contributed by atoms with Gasteiger partial charge in [0.2, 0.25) is 0 Å². The molecule has 0 aliphatic carbocycles. The van der Waals surface area contributed by atoms with Crippen LogP contribution in [0.25, 0.3) is 22.4 Å². The first-order chi connectivity index (χ1) is 12.4. The van der Waals surface area contributed by atoms with E-state index in [1.807, 2.05) is 36.4 Å². The highest BCUT2D eigenvalue weighted by molar-refractivity contribution is 5.80. The number of nitrogens with zero attached hydrogens (tertiary/aromatic N) is 2. The molecule has 1 heterocycles. The molecule has 0 amide bonds. The van der Waals surface area contributed by atoms with Crippen LogP contribution < -0.4 is 0 Å². The van der Waals surface area contributed by atoms with Crippen molar-refractivity contribution in [2.45, 2.75) is 6.54 Å². The van der Waals surface area contributed by atoms with Crippen LogP contribution in [0.15, 0.2) is 54.6 Å². The maximum Gasteiger partial charge on any atom is 0.141 e. The Labute approximate surface area is 148 Å². The molecule has 0 saturated heterocycles. The summed E-state index contributed by atoms with van der Waals surface area (Å²) in [4.78, 5) is 4.80. The molecule has 0 saturated carbocycles. The standard InChI is InChI=1S/C20H24N2O3/c1-23-13-14-25-16-15-24-12-11-22-19-10-6-5-9-18(19)21-20(22)17-7-3-2-4-8-17/h2-10H,11-16H2,1H3. The first-order valence-electron chi connectivity index (χ1n) is 8.55. The van der Waals surface area contributed by atoms with E-state index in [1.54, 1.807) is 7.11 Å². The summed E-state index contributed by atoms with van der Waals surface area (Å²) in [6.45, 7) is 3.75. The molecule has 1 aromatic heterocycles. The van der Waals surface area contributed by atoms with Crippen molar-refractivity contribution in [1.82, 2.24) is 9.55 Å². The second-order valence-corrected chi connectivity index (χ2v) is 5.66. The molecule has 2 aromatic carbocycles. The first-order valence-corrected chi connectivity index (χ1v) is 8.55. The quantitative estimate of drug-likeness (QED) is 0.531. The first kappa shape index (κ1) is 17.6. The molecule has 0 atom stereocenters. The van der Waals surface area contributed by atoms with Crippen LogP contribution in [0.2, 0.25) is 0 Å². The molecule has 25 heavy (non-hydrogen) atoms. The Morgan fingerprint density at radius 3 is 2.28 bits per heavy atom. The zero-order valence-corrected chi connectivity index (χ0v) is 14.6. The highest BCUT2D eigenvalue weighted by atomic mass is 16.5. The van der Waals surface area contributed by atoms with E-state index in [1.165, 1.54) is 0 Å². The molecule has 0 radical (unpaired) electrons. The monoisotopic (exact) mass is 340 g/mol. The van der Waals surface area contributed by atoms with Crippen molar-refractivity contribution in [1.29, 1.82) is 0 Å². The minimum atomic E-state index is 0.580. The Morgan fingerprint density at radius 1 is 0.800 bits per heavy atom. The van der Waals surface area contributed by atoms with Gasteiger partial charge in [-0.3, -0.25) is 0 Å². The molecule has 5 nitrogen and oxygen atoms in total. The normalized spacial score (nSPS) is 11.2. The number of hydrogen-bond acceptors (Lipinski definition) is 4. The molecule has 3 aromatic rings. The third-order valence-corrected chi connectivity index (χ3v) is 3.95. The maximum absolute atomic E-state index is 5.71. The average Bonchev–Trinajstić information content (AvgIpc) is 3.03. The fourth-order valence-corrected chi connectivity index (χ4v) is 2.73. The number of aromatic nitrogens is 2. The van der Waals surface area contributed by atoms with Crippen molar-refractivity contribution in [3.63, 3.8) is 0 Å². The van der Waals surface area contributed by atoms with E-state index in [0.29, 0.717) is 33.0 Å². The molecule has 0 unspecified atom stereocenters. The third kappa shape index (κ3) is 4.66. The van der Waals surface area contributed by atoms with Crippen molar-refractivity contribution < 1.29 is 14.2 Å². The van der Waals surface area contributed by atoms with Gasteiger partial charge in [-0.1, -0.05) is 42.5 Å². The predicted octanol–water partition coefficient (Wildman–Crippen LogP) is 3.38. The second-order valence-electron chi connectivity index (χ2n) is 5.66. The van der Waals surface area contributed by atoms with Gasteiger partial charge in [0.25, 0.3) is 0 Å². The van der Waals surface area contributed by atoms with Crippen LogP contribution in [-0.2, 0) is 20.8 Å². The Balaban J connectivity index is 1.64. The topological polar surface area (TPSA) is 45.5 Å². The number of para-hydroxylation sites is 2. The molecule has 3 rings (SSSR count). The van der Waals surface area contributed by atoms with Gasteiger partial charge in [0.15, 0.2) is 0 Å². The lowest BCUT2D eigenvalue weighted by molar-refractivity contribution is 0.0233. The summed E-state index contributed by atoms with van der Waals surface area (Å²) in [5, 5.41) is 0. The Morgan fingerprint density at radius 2 is 1.48 bits per heavy atom. The van der Waals surface area contributed by atoms with E-state index >= 15 is 0 Å². The van der Waals surface area contributed by atoms with Crippen LogP contribution in [0, 0.1) is 0 Å². The van der Waals surface area contributed by atoms with Crippen LogP contribution in [0.5, 0.6) is 0 Å². The zero-order valence-electron chi connectivity index (χ0n) is 14.6. The molecule has 0 N–H and O–H groups in total. The fourth-order valence-electron chi connectivity index (χ4n) is 2.73. The van der Waals surface area contributed by atoms with E-state index < -0.39 is 0 Å². The smallest absolute Gasteiger partial charge is 0.141 e. The summed E-state index contributed by atoms with van der Waals surface area (Å²) in [6, 6.07) is 18.5. The van der Waals surface area contributed by atoms with E-state index in [4.69, 9.17) is 19.2 Å². The fraction of sp³-hybridized carbons (Fsp3) is 0.350. The van der Waals surface area contributed by atoms with Crippen molar-refractivity contribution in [2.24, 2.45) is 0 Å². The van der Waals surface area contributed by atoms with E-state index in [9.17, 15) is 0 Å². The number of methoxy groups -OCH3 is 1. The van der Waals surface area contributed by atoms with Gasteiger partial charge in [0, 0.05) is 19.2 Å². The van der Waals surface area contributed by atoms with Crippen LogP contribution in [0.4, 0.5) is 0 Å². The minimum Gasteiger partial charge on any atom is -0.382 e. The number of benzene rings is 2. The number of ether oxygens (including phenoxy) is 3. The molecule has 0 aliphatic heterocycles. The Hall–Kier alpha value is -2.21. The lowest BCUT2D eigenvalue weighted by atomic mass is 10.2. The van der Waals surface area contributed by atoms with Crippen molar-refractivity contribution in [3.05, 3.63) is 54.6 Å². The van der Waals surface area contributed by atoms with Crippen molar-refractivity contribution in [2.75, 3.05) is 40.1 Å². The van der Waals surface area contributed by atoms with Crippen LogP contribution in [0.3, 0.4) is 0 Å². The summed E-state index contributed by atoms with van der Waals surface area (Å²) in [7, 11) is 1.67. The Bertz CT molecular complexity index is 771. The van der Waals surface area contributed by atoms with Crippen LogP contribution >= 0.6 is 0 Å². The third-order valence-electron chi connectivity index (χ3n) is 3.95. The van der Waals surface area contributed by atoms with Crippen molar-refractivity contribution in [3.8, 4) is 11.4 Å². The summed E-state index contributed by atoms with van der Waals surface area (Å²) in [5.74, 6) is 0.974. The highest BCUT2D eigenvalue weighted by Gasteiger charge is 2.11. The molecular weight excluding hydrogens is 316 g/mol. The van der Waals surface area contributed by atoms with Gasteiger partial charge >= 0.3 is 0 Å². The molecule has 0 aliphatic rings. The van der Waals surface area contributed by atoms with E-state index in [2.05, 4.69) is 22.8 Å². The average molecular weight is 340 g/mol. The van der Waals surface area contributed by atoms with Gasteiger partial charge in [-0.2, -0.15) is 0 Å². The van der Waals surface area contributed by atoms with Gasteiger partial charge in [-0.15, -0.1) is 0 Å². The summed E-state index contributed by atoms with van der Waals surface area (Å²) >= 11 is 0. The van der Waals surface area contributed by atoms with Crippen LogP contribution in [-0.4, -0.2) is 49.7 Å². The lowest BCUT2D eigenvalue weighted by Crippen LogP contribution is -2.12. The van der Waals surface area contributed by atoms with Gasteiger partial charge in [0.1, 0.15) is 5.82 Å². The van der Waals surface area contributed by atoms with Gasteiger partial charge in [0.05, 0.1) is 44.1 Å². The number of fused-ring (bicyclic) bond motifs is 1. The number of imidazole rings is 1. The summed E-state index contributed by atoms with van der Waals surface area (Å²) in [5.41, 5.74) is 3.24. The Kier molecular flexibility index (Phi) is 6.56. The number of hydrogen-bond donors (Lipinski definition) is 0. The second kappa shape index (κ2) is 9.32. The number of rotatable bonds is 10. The van der Waals surface area contributed by atoms with Crippen molar-refractivity contribution >= 4 is 11.0 Å². The predicted molar refractivity (Wildman–Crippen MR) is 98.7 cm³/mol. The molecule has 132 valence electrons.